The summed E-state index contributed by atoms with van der Waals surface area (Å²) in [4.78, 5) is 77.4. The Bertz CT molecular complexity index is 718. The normalized spacial score (nSPS) is 16.8. The summed E-state index contributed by atoms with van der Waals surface area (Å²) < 4.78 is 5.21. The highest BCUT2D eigenvalue weighted by molar-refractivity contribution is 6.12. The number of imide groups is 2. The summed E-state index contributed by atoms with van der Waals surface area (Å²) in [7, 11) is 0. The predicted molar refractivity (Wildman–Crippen MR) is 90.8 cm³/mol. The highest BCUT2D eigenvalue weighted by Gasteiger charge is 2.34. The molecule has 0 spiro atoms. The molecule has 11 nitrogen and oxygen atoms in total. The first-order valence-corrected chi connectivity index (χ1v) is 8.56. The maximum Gasteiger partial charge on any atom is 0.410 e. The largest absolute Gasteiger partial charge is 0.444 e. The number of nitrogens with zero attached hydrogens (tertiary/aromatic N) is 3. The molecule has 2 heterocycles. The standard InChI is InChI=1S/C17H21N3O8/c1-17(2,3)27-16(26)18(8-9-19-11(21)4-5-12(19)22)10-15(25)28-20-13(23)6-7-14(20)24/h4-5H,6-10H2,1-3H3. The lowest BCUT2D eigenvalue weighted by Crippen LogP contribution is -2.46. The number of rotatable bonds is 6. The monoisotopic (exact) mass is 395 g/mol. The van der Waals surface area contributed by atoms with Crippen molar-refractivity contribution in [2.24, 2.45) is 0 Å². The summed E-state index contributed by atoms with van der Waals surface area (Å²) >= 11 is 0. The average Bonchev–Trinajstić information content (AvgIpc) is 3.06. The molecule has 0 radical (unpaired) electrons. The summed E-state index contributed by atoms with van der Waals surface area (Å²) in [6.07, 6.45) is 1.19. The van der Waals surface area contributed by atoms with E-state index in [4.69, 9.17) is 9.57 Å². The Labute approximate surface area is 160 Å². The van der Waals surface area contributed by atoms with E-state index in [0.717, 1.165) is 22.0 Å². The Kier molecular flexibility index (Phi) is 6.16. The average molecular weight is 395 g/mol. The molecule has 0 aromatic rings. The molecule has 152 valence electrons. The van der Waals surface area contributed by atoms with Crippen molar-refractivity contribution in [2.75, 3.05) is 19.6 Å². The van der Waals surface area contributed by atoms with Crippen LogP contribution >= 0.6 is 0 Å². The lowest BCUT2D eigenvalue weighted by molar-refractivity contribution is -0.197. The van der Waals surface area contributed by atoms with Gasteiger partial charge in [-0.05, 0) is 20.8 Å². The number of carbonyl (C=O) groups excluding carboxylic acids is 6. The van der Waals surface area contributed by atoms with Gasteiger partial charge < -0.3 is 9.57 Å². The highest BCUT2D eigenvalue weighted by atomic mass is 16.7. The third kappa shape index (κ3) is 5.38. The van der Waals surface area contributed by atoms with Gasteiger partial charge in [0.15, 0.2) is 0 Å². The van der Waals surface area contributed by atoms with Crippen LogP contribution in [0.25, 0.3) is 0 Å². The van der Waals surface area contributed by atoms with E-state index in [-0.39, 0.29) is 25.9 Å². The van der Waals surface area contributed by atoms with Gasteiger partial charge in [0.2, 0.25) is 0 Å². The molecular weight excluding hydrogens is 374 g/mol. The second-order valence-electron chi connectivity index (χ2n) is 7.11. The second kappa shape index (κ2) is 8.19. The molecule has 11 heteroatoms. The Morgan fingerprint density at radius 2 is 1.57 bits per heavy atom. The number of hydrogen-bond acceptors (Lipinski definition) is 8. The summed E-state index contributed by atoms with van der Waals surface area (Å²) in [5, 5.41) is 0.368. The molecule has 28 heavy (non-hydrogen) atoms. The van der Waals surface area contributed by atoms with Gasteiger partial charge in [-0.3, -0.25) is 29.0 Å². The van der Waals surface area contributed by atoms with Crippen LogP contribution in [0.15, 0.2) is 12.2 Å². The highest BCUT2D eigenvalue weighted by Crippen LogP contribution is 2.14. The Balaban J connectivity index is 2.02. The first-order valence-electron chi connectivity index (χ1n) is 8.56. The second-order valence-corrected chi connectivity index (χ2v) is 7.11. The van der Waals surface area contributed by atoms with Crippen molar-refractivity contribution in [1.82, 2.24) is 14.9 Å². The fraction of sp³-hybridized carbons (Fsp3) is 0.529. The molecule has 0 aromatic carbocycles. The van der Waals surface area contributed by atoms with Crippen LogP contribution in [-0.2, 0) is 33.5 Å². The van der Waals surface area contributed by atoms with Gasteiger partial charge in [0, 0.05) is 38.1 Å². The van der Waals surface area contributed by atoms with Gasteiger partial charge in [0.25, 0.3) is 23.6 Å². The van der Waals surface area contributed by atoms with E-state index in [0.29, 0.717) is 5.06 Å². The molecule has 0 aliphatic carbocycles. The molecule has 1 saturated heterocycles. The van der Waals surface area contributed by atoms with Crippen LogP contribution in [0.2, 0.25) is 0 Å². The molecular formula is C17H21N3O8. The van der Waals surface area contributed by atoms with Gasteiger partial charge in [-0.1, -0.05) is 0 Å². The van der Waals surface area contributed by atoms with Crippen molar-refractivity contribution in [3.8, 4) is 0 Å². The fourth-order valence-corrected chi connectivity index (χ4v) is 2.38. The summed E-state index contributed by atoms with van der Waals surface area (Å²) in [6.45, 7) is 3.86. The van der Waals surface area contributed by atoms with E-state index < -0.39 is 47.8 Å². The number of carbonyl (C=O) groups is 6. The van der Waals surface area contributed by atoms with E-state index >= 15 is 0 Å². The minimum absolute atomic E-state index is 0.0614. The Hall–Kier alpha value is -3.24. The molecule has 0 atom stereocenters. The topological polar surface area (TPSA) is 131 Å². The van der Waals surface area contributed by atoms with Crippen LogP contribution in [0.3, 0.4) is 0 Å². The van der Waals surface area contributed by atoms with Crippen molar-refractivity contribution in [2.45, 2.75) is 39.2 Å². The fourth-order valence-electron chi connectivity index (χ4n) is 2.38. The van der Waals surface area contributed by atoms with E-state index in [1.165, 1.54) is 0 Å². The predicted octanol–water partition coefficient (Wildman–Crippen LogP) is -0.244. The van der Waals surface area contributed by atoms with Gasteiger partial charge in [-0.2, -0.15) is 0 Å². The first kappa shape index (κ1) is 21.1. The molecule has 0 N–H and O–H groups in total. The molecule has 0 bridgehead atoms. The number of ether oxygens (including phenoxy) is 1. The Morgan fingerprint density at radius 3 is 2.07 bits per heavy atom. The summed E-state index contributed by atoms with van der Waals surface area (Å²) in [5.74, 6) is -3.41. The number of hydrogen-bond donors (Lipinski definition) is 0. The maximum atomic E-state index is 12.4. The number of hydroxylamine groups is 2. The maximum absolute atomic E-state index is 12.4. The lowest BCUT2D eigenvalue weighted by atomic mass is 10.2. The van der Waals surface area contributed by atoms with E-state index in [9.17, 15) is 28.8 Å². The van der Waals surface area contributed by atoms with Crippen molar-refractivity contribution in [3.05, 3.63) is 12.2 Å². The molecule has 2 aliphatic heterocycles. The van der Waals surface area contributed by atoms with Crippen molar-refractivity contribution < 1.29 is 38.3 Å². The van der Waals surface area contributed by atoms with Gasteiger partial charge in [0.05, 0.1) is 0 Å². The lowest BCUT2D eigenvalue weighted by Gasteiger charge is -2.28. The third-order valence-electron chi connectivity index (χ3n) is 3.66. The smallest absolute Gasteiger partial charge is 0.410 e. The Morgan fingerprint density at radius 1 is 1.04 bits per heavy atom. The number of amides is 5. The van der Waals surface area contributed by atoms with Crippen LogP contribution in [0.5, 0.6) is 0 Å². The minimum Gasteiger partial charge on any atom is -0.444 e. The zero-order chi connectivity index (χ0) is 21.1. The molecule has 0 unspecified atom stereocenters. The summed E-state index contributed by atoms with van der Waals surface area (Å²) in [6, 6.07) is 0. The van der Waals surface area contributed by atoms with Gasteiger partial charge in [0.1, 0.15) is 12.1 Å². The molecule has 1 fully saturated rings. The van der Waals surface area contributed by atoms with Gasteiger partial charge in [-0.25, -0.2) is 9.59 Å². The first-order chi connectivity index (χ1) is 13.0. The third-order valence-corrected chi connectivity index (χ3v) is 3.66. The van der Waals surface area contributed by atoms with E-state index in [1.54, 1.807) is 20.8 Å². The van der Waals surface area contributed by atoms with Crippen LogP contribution < -0.4 is 0 Å². The zero-order valence-electron chi connectivity index (χ0n) is 15.8. The SMILES string of the molecule is CC(C)(C)OC(=O)N(CCN1C(=O)C=CC1=O)CC(=O)ON1C(=O)CCC1=O. The zero-order valence-corrected chi connectivity index (χ0v) is 15.8. The minimum atomic E-state index is -1.04. The van der Waals surface area contributed by atoms with Crippen molar-refractivity contribution >= 4 is 35.7 Å². The van der Waals surface area contributed by atoms with E-state index in [1.807, 2.05) is 0 Å². The molecule has 0 aromatic heterocycles. The summed E-state index contributed by atoms with van der Waals surface area (Å²) in [5.41, 5.74) is -0.860. The van der Waals surface area contributed by atoms with Crippen molar-refractivity contribution in [1.29, 1.82) is 0 Å². The molecule has 2 aliphatic rings. The van der Waals surface area contributed by atoms with Crippen LogP contribution in [0.4, 0.5) is 4.79 Å². The van der Waals surface area contributed by atoms with Crippen LogP contribution in [0, 0.1) is 0 Å². The quantitative estimate of drug-likeness (QED) is 0.563. The molecule has 5 amide bonds. The van der Waals surface area contributed by atoms with Gasteiger partial charge >= 0.3 is 12.1 Å². The van der Waals surface area contributed by atoms with Crippen LogP contribution in [-0.4, -0.2) is 75.8 Å². The van der Waals surface area contributed by atoms with Crippen molar-refractivity contribution in [3.63, 3.8) is 0 Å². The molecule has 2 rings (SSSR count). The van der Waals surface area contributed by atoms with Gasteiger partial charge in [-0.15, -0.1) is 5.06 Å². The van der Waals surface area contributed by atoms with Crippen LogP contribution in [0.1, 0.15) is 33.6 Å². The van der Waals surface area contributed by atoms with E-state index in [2.05, 4.69) is 0 Å². The molecule has 0 saturated carbocycles.